The molecule has 2 aromatic rings. The molecule has 1 saturated heterocycles. The summed E-state index contributed by atoms with van der Waals surface area (Å²) in [5, 5.41) is 3.47. The van der Waals surface area contributed by atoms with Crippen LogP contribution in [0.5, 0.6) is 0 Å². The highest BCUT2D eigenvalue weighted by molar-refractivity contribution is 6.35. The van der Waals surface area contributed by atoms with Gasteiger partial charge in [-0.15, -0.1) is 0 Å². The van der Waals surface area contributed by atoms with Crippen molar-refractivity contribution in [3.8, 4) is 0 Å². The lowest BCUT2D eigenvalue weighted by Crippen LogP contribution is -2.49. The Bertz CT molecular complexity index is 793. The SMILES string of the molecule is O=C(CC(=O)N1CCN(c2ccccn2)CC1)Nc1cc(Cl)ccc1Cl. The van der Waals surface area contributed by atoms with Crippen LogP contribution in [-0.2, 0) is 9.59 Å². The Morgan fingerprint density at radius 3 is 2.54 bits per heavy atom. The van der Waals surface area contributed by atoms with Gasteiger partial charge in [-0.2, -0.15) is 0 Å². The highest BCUT2D eigenvalue weighted by Gasteiger charge is 2.23. The van der Waals surface area contributed by atoms with E-state index in [-0.39, 0.29) is 12.3 Å². The number of benzene rings is 1. The third kappa shape index (κ3) is 4.65. The van der Waals surface area contributed by atoms with Gasteiger partial charge in [0.25, 0.3) is 0 Å². The summed E-state index contributed by atoms with van der Waals surface area (Å²) in [6.45, 7) is 2.48. The molecule has 0 spiro atoms. The average molecular weight is 393 g/mol. The molecule has 0 bridgehead atoms. The fraction of sp³-hybridized carbons (Fsp3) is 0.278. The lowest BCUT2D eigenvalue weighted by atomic mass is 10.2. The number of carbonyl (C=O) groups is 2. The smallest absolute Gasteiger partial charge is 0.233 e. The van der Waals surface area contributed by atoms with Gasteiger partial charge in [-0.05, 0) is 30.3 Å². The second kappa shape index (κ2) is 8.38. The molecule has 1 aliphatic heterocycles. The van der Waals surface area contributed by atoms with Crippen LogP contribution in [0.2, 0.25) is 10.0 Å². The first kappa shape index (κ1) is 18.5. The quantitative estimate of drug-likeness (QED) is 0.811. The van der Waals surface area contributed by atoms with E-state index in [9.17, 15) is 9.59 Å². The molecule has 26 heavy (non-hydrogen) atoms. The van der Waals surface area contributed by atoms with Gasteiger partial charge in [0.1, 0.15) is 12.2 Å². The molecule has 1 fully saturated rings. The average Bonchev–Trinajstić information content (AvgIpc) is 2.65. The van der Waals surface area contributed by atoms with Crippen molar-refractivity contribution in [2.24, 2.45) is 0 Å². The lowest BCUT2D eigenvalue weighted by molar-refractivity contribution is -0.134. The van der Waals surface area contributed by atoms with E-state index in [0.29, 0.717) is 41.9 Å². The molecule has 8 heteroatoms. The van der Waals surface area contributed by atoms with Gasteiger partial charge in [0, 0.05) is 37.4 Å². The second-order valence-corrected chi connectivity index (χ2v) is 6.75. The largest absolute Gasteiger partial charge is 0.353 e. The van der Waals surface area contributed by atoms with E-state index in [4.69, 9.17) is 23.2 Å². The number of hydrogen-bond acceptors (Lipinski definition) is 4. The number of halogens is 2. The molecule has 0 saturated carbocycles. The van der Waals surface area contributed by atoms with Crippen LogP contribution in [0.15, 0.2) is 42.6 Å². The Morgan fingerprint density at radius 2 is 1.85 bits per heavy atom. The second-order valence-electron chi connectivity index (χ2n) is 5.90. The Balaban J connectivity index is 1.51. The van der Waals surface area contributed by atoms with Gasteiger partial charge < -0.3 is 15.1 Å². The Morgan fingerprint density at radius 1 is 1.08 bits per heavy atom. The summed E-state index contributed by atoms with van der Waals surface area (Å²) in [6.07, 6.45) is 1.52. The zero-order chi connectivity index (χ0) is 18.5. The Kier molecular flexibility index (Phi) is 5.96. The summed E-state index contributed by atoms with van der Waals surface area (Å²) < 4.78 is 0. The third-order valence-electron chi connectivity index (χ3n) is 4.12. The normalized spacial score (nSPS) is 14.2. The van der Waals surface area contributed by atoms with Crippen LogP contribution in [0.3, 0.4) is 0 Å². The van der Waals surface area contributed by atoms with Crippen molar-refractivity contribution in [2.75, 3.05) is 36.4 Å². The summed E-state index contributed by atoms with van der Waals surface area (Å²) in [5.74, 6) is 0.278. The minimum atomic E-state index is -0.411. The van der Waals surface area contributed by atoms with Crippen molar-refractivity contribution < 1.29 is 9.59 Å². The molecular weight excluding hydrogens is 375 g/mol. The van der Waals surface area contributed by atoms with Gasteiger partial charge in [-0.3, -0.25) is 9.59 Å². The number of piperazine rings is 1. The van der Waals surface area contributed by atoms with Crippen LogP contribution in [0.4, 0.5) is 11.5 Å². The number of carbonyl (C=O) groups excluding carboxylic acids is 2. The van der Waals surface area contributed by atoms with Crippen molar-refractivity contribution in [2.45, 2.75) is 6.42 Å². The first-order valence-corrected chi connectivity index (χ1v) is 8.97. The Hall–Kier alpha value is -2.31. The zero-order valence-electron chi connectivity index (χ0n) is 14.0. The van der Waals surface area contributed by atoms with Crippen molar-refractivity contribution >= 4 is 46.5 Å². The number of nitrogens with one attached hydrogen (secondary N) is 1. The van der Waals surface area contributed by atoms with Crippen molar-refractivity contribution in [1.29, 1.82) is 0 Å². The number of nitrogens with zero attached hydrogens (tertiary/aromatic N) is 3. The van der Waals surface area contributed by atoms with Gasteiger partial charge >= 0.3 is 0 Å². The van der Waals surface area contributed by atoms with Crippen LogP contribution in [0.1, 0.15) is 6.42 Å². The molecule has 1 aliphatic rings. The summed E-state index contributed by atoms with van der Waals surface area (Å²) in [5.41, 5.74) is 0.400. The fourth-order valence-electron chi connectivity index (χ4n) is 2.76. The first-order chi connectivity index (χ1) is 12.5. The van der Waals surface area contributed by atoms with E-state index < -0.39 is 5.91 Å². The molecule has 136 valence electrons. The summed E-state index contributed by atoms with van der Waals surface area (Å²) >= 11 is 11.9. The lowest BCUT2D eigenvalue weighted by Gasteiger charge is -2.35. The van der Waals surface area contributed by atoms with Crippen LogP contribution < -0.4 is 10.2 Å². The van der Waals surface area contributed by atoms with E-state index in [2.05, 4.69) is 15.2 Å². The van der Waals surface area contributed by atoms with Crippen LogP contribution in [0.25, 0.3) is 0 Å². The van der Waals surface area contributed by atoms with Gasteiger partial charge in [-0.1, -0.05) is 29.3 Å². The van der Waals surface area contributed by atoms with E-state index in [0.717, 1.165) is 5.82 Å². The molecule has 0 atom stereocenters. The molecule has 1 aromatic carbocycles. The van der Waals surface area contributed by atoms with Gasteiger partial charge in [0.2, 0.25) is 11.8 Å². The van der Waals surface area contributed by atoms with Crippen LogP contribution in [0, 0.1) is 0 Å². The van der Waals surface area contributed by atoms with Crippen molar-refractivity contribution in [1.82, 2.24) is 9.88 Å². The highest BCUT2D eigenvalue weighted by Crippen LogP contribution is 2.25. The molecule has 0 aliphatic carbocycles. The molecule has 2 heterocycles. The standard InChI is InChI=1S/C18H18Cl2N4O2/c19-13-4-5-14(20)15(11-13)22-17(25)12-18(26)24-9-7-23(8-10-24)16-3-1-2-6-21-16/h1-6,11H,7-10,12H2,(H,22,25). The predicted octanol–water partition coefficient (Wildman–Crippen LogP) is 3.07. The maximum absolute atomic E-state index is 12.4. The number of amides is 2. The number of pyridine rings is 1. The molecule has 1 N–H and O–H groups in total. The van der Waals surface area contributed by atoms with Gasteiger partial charge in [-0.25, -0.2) is 4.98 Å². The van der Waals surface area contributed by atoms with E-state index in [1.54, 1.807) is 29.3 Å². The summed E-state index contributed by atoms with van der Waals surface area (Å²) in [6, 6.07) is 10.5. The number of aromatic nitrogens is 1. The molecule has 1 aromatic heterocycles. The maximum Gasteiger partial charge on any atom is 0.233 e. The van der Waals surface area contributed by atoms with Gasteiger partial charge in [0.15, 0.2) is 0 Å². The summed E-state index contributed by atoms with van der Waals surface area (Å²) in [4.78, 5) is 32.6. The molecule has 0 radical (unpaired) electrons. The maximum atomic E-state index is 12.4. The molecule has 6 nitrogen and oxygen atoms in total. The van der Waals surface area contributed by atoms with Crippen molar-refractivity contribution in [3.05, 3.63) is 52.6 Å². The van der Waals surface area contributed by atoms with Crippen molar-refractivity contribution in [3.63, 3.8) is 0 Å². The number of anilines is 2. The van der Waals surface area contributed by atoms with E-state index in [1.807, 2.05) is 18.2 Å². The zero-order valence-corrected chi connectivity index (χ0v) is 15.5. The fourth-order valence-corrected chi connectivity index (χ4v) is 3.10. The van der Waals surface area contributed by atoms with Gasteiger partial charge in [0.05, 0.1) is 10.7 Å². The minimum absolute atomic E-state index is 0.207. The number of hydrogen-bond donors (Lipinski definition) is 1. The highest BCUT2D eigenvalue weighted by atomic mass is 35.5. The summed E-state index contributed by atoms with van der Waals surface area (Å²) in [7, 11) is 0. The van der Waals surface area contributed by atoms with Crippen LogP contribution >= 0.6 is 23.2 Å². The Labute approximate surface area is 161 Å². The first-order valence-electron chi connectivity index (χ1n) is 8.21. The molecule has 0 unspecified atom stereocenters. The predicted molar refractivity (Wildman–Crippen MR) is 103 cm³/mol. The third-order valence-corrected chi connectivity index (χ3v) is 4.68. The number of rotatable bonds is 4. The topological polar surface area (TPSA) is 65.5 Å². The molecule has 2 amide bonds. The molecule has 3 rings (SSSR count). The van der Waals surface area contributed by atoms with E-state index >= 15 is 0 Å². The molecular formula is C18H18Cl2N4O2. The van der Waals surface area contributed by atoms with E-state index in [1.165, 1.54) is 0 Å². The monoisotopic (exact) mass is 392 g/mol. The minimum Gasteiger partial charge on any atom is -0.353 e. The van der Waals surface area contributed by atoms with Crippen LogP contribution in [-0.4, -0.2) is 47.9 Å².